The molecule has 4 rings (SSSR count). The molecule has 2 amide bonds. The number of nitriles is 1. The molecule has 3 aromatic rings. The first-order valence-corrected chi connectivity index (χ1v) is 15.9. The van der Waals surface area contributed by atoms with Gasteiger partial charge in [-0.2, -0.15) is 5.26 Å². The molecule has 2 aromatic carbocycles. The van der Waals surface area contributed by atoms with Crippen molar-refractivity contribution < 1.29 is 9.59 Å². The molecule has 240 valence electrons. The summed E-state index contributed by atoms with van der Waals surface area (Å²) >= 11 is 6.05. The number of aromatic nitrogens is 2. The molecule has 0 saturated carbocycles. The normalized spacial score (nSPS) is 17.0. The number of likely N-dealkylation sites (tertiary alicyclic amines) is 1. The van der Waals surface area contributed by atoms with Crippen LogP contribution in [0.5, 0.6) is 0 Å². The van der Waals surface area contributed by atoms with Gasteiger partial charge >= 0.3 is 0 Å². The molecule has 45 heavy (non-hydrogen) atoms. The first kappa shape index (κ1) is 34.2. The van der Waals surface area contributed by atoms with Crippen LogP contribution in [0.1, 0.15) is 76.3 Å². The van der Waals surface area contributed by atoms with E-state index in [1.54, 1.807) is 35.2 Å². The van der Waals surface area contributed by atoms with Crippen molar-refractivity contribution in [2.24, 2.45) is 5.41 Å². The molecule has 9 nitrogen and oxygen atoms in total. The highest BCUT2D eigenvalue weighted by Gasteiger charge is 2.31. The maximum atomic E-state index is 13.6. The van der Waals surface area contributed by atoms with Gasteiger partial charge in [0.25, 0.3) is 11.8 Å². The van der Waals surface area contributed by atoms with E-state index in [1.807, 2.05) is 43.5 Å². The summed E-state index contributed by atoms with van der Waals surface area (Å²) < 4.78 is 2.04. The van der Waals surface area contributed by atoms with Crippen molar-refractivity contribution in [3.8, 4) is 6.07 Å². The van der Waals surface area contributed by atoms with Gasteiger partial charge in [-0.1, -0.05) is 38.4 Å². The molecule has 1 aromatic heterocycles. The van der Waals surface area contributed by atoms with Gasteiger partial charge in [-0.25, -0.2) is 4.98 Å². The smallest absolute Gasteiger partial charge is 0.264 e. The molecular formula is C35H46ClN7O2. The minimum Gasteiger partial charge on any atom is -0.336 e. The summed E-state index contributed by atoms with van der Waals surface area (Å²) in [6, 6.07) is 15.2. The minimum absolute atomic E-state index is 0.123. The number of benzene rings is 2. The van der Waals surface area contributed by atoms with E-state index in [9.17, 15) is 14.9 Å². The fraction of sp³-hybridized carbons (Fsp3) is 0.486. The van der Waals surface area contributed by atoms with E-state index in [2.05, 4.69) is 56.5 Å². The highest BCUT2D eigenvalue weighted by atomic mass is 35.5. The van der Waals surface area contributed by atoms with Crippen molar-refractivity contribution in [3.05, 3.63) is 70.3 Å². The van der Waals surface area contributed by atoms with Gasteiger partial charge in [0.2, 0.25) is 5.95 Å². The number of piperidine rings is 1. The van der Waals surface area contributed by atoms with Crippen LogP contribution < -0.4 is 10.6 Å². The third kappa shape index (κ3) is 8.12. The Bertz CT molecular complexity index is 1610. The zero-order valence-electron chi connectivity index (χ0n) is 27.7. The molecular weight excluding hydrogens is 586 g/mol. The van der Waals surface area contributed by atoms with E-state index in [4.69, 9.17) is 16.6 Å². The molecule has 1 aliphatic heterocycles. The monoisotopic (exact) mass is 631 g/mol. The summed E-state index contributed by atoms with van der Waals surface area (Å²) in [5.74, 6) is -0.162. The highest BCUT2D eigenvalue weighted by molar-refractivity contribution is 6.30. The number of imidazole rings is 1. The molecule has 2 N–H and O–H groups in total. The van der Waals surface area contributed by atoms with E-state index < -0.39 is 5.54 Å². The Hall–Kier alpha value is -3.71. The van der Waals surface area contributed by atoms with Gasteiger partial charge < -0.3 is 19.7 Å². The van der Waals surface area contributed by atoms with Crippen molar-refractivity contribution >= 4 is 40.4 Å². The molecule has 10 heteroatoms. The maximum Gasteiger partial charge on any atom is 0.264 e. The number of likely N-dealkylation sites (N-methyl/N-ethyl adjacent to an activating group) is 1. The number of carbonyl (C=O) groups excluding carboxylic acids is 2. The standard InChI is InChI=1S/C35H46ClN7O2/c1-23(34(2,3)4)38-21-24-11-16-30-29(18-24)39-33(40-31(44)25-12-14-27(36)15-13-25)43(30)28-10-9-17-42(22-28)32(45)26(20-37)19-35(5,6)41(7)8/h11-16,18-19,23,28,38H,9-10,17,21-22H2,1-8H3,(H,39,40,44). The zero-order chi connectivity index (χ0) is 33.1. The van der Waals surface area contributed by atoms with Crippen LogP contribution >= 0.6 is 11.6 Å². The van der Waals surface area contributed by atoms with Crippen LogP contribution in [0.4, 0.5) is 5.95 Å². The van der Waals surface area contributed by atoms with E-state index in [0.29, 0.717) is 42.2 Å². The van der Waals surface area contributed by atoms with E-state index >= 15 is 0 Å². The lowest BCUT2D eigenvalue weighted by Gasteiger charge is -2.35. The summed E-state index contributed by atoms with van der Waals surface area (Å²) in [5, 5.41) is 17.1. The SMILES string of the molecule is CC(NCc1ccc2c(c1)nc(NC(=O)c1ccc(Cl)cc1)n2C1CCCN(C(=O)C(C#N)=CC(C)(C)N(C)C)C1)C(C)(C)C. The number of amides is 2. The van der Waals surface area contributed by atoms with Crippen molar-refractivity contribution in [2.45, 2.75) is 78.6 Å². The van der Waals surface area contributed by atoms with Crippen LogP contribution in [0.2, 0.25) is 5.02 Å². The number of anilines is 1. The van der Waals surface area contributed by atoms with Gasteiger partial charge in [0.15, 0.2) is 0 Å². The molecule has 0 radical (unpaired) electrons. The Morgan fingerprint density at radius 2 is 1.84 bits per heavy atom. The third-order valence-corrected chi connectivity index (χ3v) is 9.30. The summed E-state index contributed by atoms with van der Waals surface area (Å²) in [6.45, 7) is 14.4. The van der Waals surface area contributed by atoms with Crippen LogP contribution in [0, 0.1) is 16.7 Å². The second-order valence-electron chi connectivity index (χ2n) is 13.8. The molecule has 1 fully saturated rings. The van der Waals surface area contributed by atoms with Crippen LogP contribution in [-0.2, 0) is 11.3 Å². The fourth-order valence-corrected chi connectivity index (χ4v) is 5.33. The van der Waals surface area contributed by atoms with Crippen LogP contribution in [0.25, 0.3) is 11.0 Å². The second kappa shape index (κ2) is 13.7. The topological polar surface area (TPSA) is 106 Å². The predicted octanol–water partition coefficient (Wildman–Crippen LogP) is 6.42. The van der Waals surface area contributed by atoms with E-state index in [1.165, 1.54) is 0 Å². The summed E-state index contributed by atoms with van der Waals surface area (Å²) in [6.07, 6.45) is 3.28. The molecule has 0 aliphatic carbocycles. The first-order valence-electron chi connectivity index (χ1n) is 15.5. The summed E-state index contributed by atoms with van der Waals surface area (Å²) in [4.78, 5) is 35.6. The minimum atomic E-state index is -0.465. The number of nitrogens with zero attached hydrogens (tertiary/aromatic N) is 5. The second-order valence-corrected chi connectivity index (χ2v) is 14.3. The van der Waals surface area contributed by atoms with E-state index in [-0.39, 0.29) is 28.8 Å². The lowest BCUT2D eigenvalue weighted by Crippen LogP contribution is -2.43. The Labute approximate surface area is 272 Å². The number of halogens is 1. The Kier molecular flexibility index (Phi) is 10.4. The molecule has 0 spiro atoms. The van der Waals surface area contributed by atoms with Gasteiger partial charge in [-0.3, -0.25) is 14.9 Å². The van der Waals surface area contributed by atoms with Crippen molar-refractivity contribution in [3.63, 3.8) is 0 Å². The predicted molar refractivity (Wildman–Crippen MR) is 181 cm³/mol. The maximum absolute atomic E-state index is 13.6. The Morgan fingerprint density at radius 3 is 2.47 bits per heavy atom. The zero-order valence-corrected chi connectivity index (χ0v) is 28.5. The van der Waals surface area contributed by atoms with Gasteiger partial charge in [0.05, 0.1) is 17.1 Å². The van der Waals surface area contributed by atoms with Crippen molar-refractivity contribution in [2.75, 3.05) is 32.5 Å². The summed E-state index contributed by atoms with van der Waals surface area (Å²) in [5.41, 5.74) is 2.97. The number of nitrogens with one attached hydrogen (secondary N) is 2. The molecule has 0 bridgehead atoms. The number of carbonyl (C=O) groups is 2. The number of fused-ring (bicyclic) bond motifs is 1. The quantitative estimate of drug-likeness (QED) is 0.209. The number of hydrogen-bond donors (Lipinski definition) is 2. The Morgan fingerprint density at radius 1 is 1.16 bits per heavy atom. The van der Waals surface area contributed by atoms with Crippen LogP contribution in [-0.4, -0.2) is 69.9 Å². The van der Waals surface area contributed by atoms with Crippen LogP contribution in [0.3, 0.4) is 0 Å². The lowest BCUT2D eigenvalue weighted by molar-refractivity contribution is -0.128. The molecule has 1 aliphatic rings. The molecule has 2 heterocycles. The first-order chi connectivity index (χ1) is 21.1. The fourth-order valence-electron chi connectivity index (χ4n) is 5.21. The number of rotatable bonds is 9. The highest BCUT2D eigenvalue weighted by Crippen LogP contribution is 2.32. The van der Waals surface area contributed by atoms with Gasteiger partial charge in [0.1, 0.15) is 11.6 Å². The largest absolute Gasteiger partial charge is 0.336 e. The average Bonchev–Trinajstić information content (AvgIpc) is 3.34. The third-order valence-electron chi connectivity index (χ3n) is 9.05. The van der Waals surface area contributed by atoms with Crippen molar-refractivity contribution in [1.29, 1.82) is 5.26 Å². The average molecular weight is 632 g/mol. The van der Waals surface area contributed by atoms with Gasteiger partial charge in [-0.05, 0) is 101 Å². The Balaban J connectivity index is 1.68. The van der Waals surface area contributed by atoms with Gasteiger partial charge in [-0.15, -0.1) is 0 Å². The van der Waals surface area contributed by atoms with E-state index in [0.717, 1.165) is 29.4 Å². The van der Waals surface area contributed by atoms with Crippen LogP contribution in [0.15, 0.2) is 54.1 Å². The van der Waals surface area contributed by atoms with Crippen molar-refractivity contribution in [1.82, 2.24) is 24.7 Å². The molecule has 2 unspecified atom stereocenters. The summed E-state index contributed by atoms with van der Waals surface area (Å²) in [7, 11) is 3.84. The molecule has 2 atom stereocenters. The van der Waals surface area contributed by atoms with Gasteiger partial charge in [0, 0.05) is 41.8 Å². The molecule has 1 saturated heterocycles. The lowest BCUT2D eigenvalue weighted by atomic mass is 9.88. The number of hydrogen-bond acceptors (Lipinski definition) is 6.